The number of rotatable bonds is 47. The Hall–Kier alpha value is -2.63. The summed E-state index contributed by atoms with van der Waals surface area (Å²) in [6.45, 7) is 6.58. The van der Waals surface area contributed by atoms with Crippen LogP contribution in [0.3, 0.4) is 0 Å². The summed E-state index contributed by atoms with van der Waals surface area (Å²) in [5.41, 5.74) is 0. The summed E-state index contributed by atoms with van der Waals surface area (Å²) < 4.78 is 16.8. The highest BCUT2D eigenvalue weighted by Crippen LogP contribution is 2.15. The maximum atomic E-state index is 12.8. The smallest absolute Gasteiger partial charge is 0.306 e. The zero-order valence-corrected chi connectivity index (χ0v) is 40.4. The molecule has 0 heterocycles. The molecule has 0 bridgehead atoms. The molecular formula is C55H98O6. The van der Waals surface area contributed by atoms with Crippen LogP contribution < -0.4 is 0 Å². The normalized spacial score (nSPS) is 12.4. The number of allylic oxidation sites excluding steroid dienone is 8. The lowest BCUT2D eigenvalue weighted by molar-refractivity contribution is -0.167. The van der Waals surface area contributed by atoms with E-state index in [2.05, 4.69) is 69.4 Å². The molecule has 0 fully saturated rings. The monoisotopic (exact) mass is 855 g/mol. The third kappa shape index (κ3) is 48.3. The number of hydrogen-bond acceptors (Lipinski definition) is 6. The lowest BCUT2D eigenvalue weighted by Crippen LogP contribution is -2.30. The van der Waals surface area contributed by atoms with Gasteiger partial charge in [0.15, 0.2) is 6.10 Å². The minimum atomic E-state index is -0.789. The van der Waals surface area contributed by atoms with Crippen LogP contribution in [0.15, 0.2) is 48.6 Å². The van der Waals surface area contributed by atoms with E-state index in [0.29, 0.717) is 19.3 Å². The van der Waals surface area contributed by atoms with E-state index >= 15 is 0 Å². The quantitative estimate of drug-likeness (QED) is 0.0263. The van der Waals surface area contributed by atoms with Crippen LogP contribution >= 0.6 is 0 Å². The van der Waals surface area contributed by atoms with E-state index in [-0.39, 0.29) is 37.5 Å². The van der Waals surface area contributed by atoms with Crippen LogP contribution in [0, 0.1) is 0 Å². The zero-order chi connectivity index (χ0) is 44.4. The predicted molar refractivity (Wildman–Crippen MR) is 261 cm³/mol. The zero-order valence-electron chi connectivity index (χ0n) is 40.4. The summed E-state index contributed by atoms with van der Waals surface area (Å²) in [6.07, 6.45) is 59.5. The Morgan fingerprint density at radius 3 is 0.984 bits per heavy atom. The third-order valence-electron chi connectivity index (χ3n) is 11.3. The molecule has 0 radical (unpaired) electrons. The fourth-order valence-corrected chi connectivity index (χ4v) is 7.38. The average Bonchev–Trinajstić information content (AvgIpc) is 3.26. The van der Waals surface area contributed by atoms with Crippen molar-refractivity contribution in [2.24, 2.45) is 0 Å². The Kier molecular flexibility index (Phi) is 47.9. The van der Waals surface area contributed by atoms with Gasteiger partial charge < -0.3 is 14.2 Å². The fourth-order valence-electron chi connectivity index (χ4n) is 7.38. The summed E-state index contributed by atoms with van der Waals surface area (Å²) in [7, 11) is 0. The van der Waals surface area contributed by atoms with E-state index in [9.17, 15) is 14.4 Å². The highest BCUT2D eigenvalue weighted by molar-refractivity contribution is 5.71. The molecule has 0 amide bonds. The van der Waals surface area contributed by atoms with Gasteiger partial charge in [-0.15, -0.1) is 0 Å². The second-order valence-electron chi connectivity index (χ2n) is 17.4. The molecule has 1 atom stereocenters. The lowest BCUT2D eigenvalue weighted by atomic mass is 10.0. The van der Waals surface area contributed by atoms with E-state index in [1.165, 1.54) is 154 Å². The number of esters is 3. The van der Waals surface area contributed by atoms with Gasteiger partial charge in [0.1, 0.15) is 13.2 Å². The van der Waals surface area contributed by atoms with Crippen LogP contribution in [0.1, 0.15) is 265 Å². The predicted octanol–water partition coefficient (Wildman–Crippen LogP) is 17.1. The van der Waals surface area contributed by atoms with Crippen molar-refractivity contribution in [2.45, 2.75) is 271 Å². The molecule has 0 aliphatic heterocycles. The van der Waals surface area contributed by atoms with Crippen molar-refractivity contribution in [3.8, 4) is 0 Å². The van der Waals surface area contributed by atoms with Crippen LogP contribution in [0.2, 0.25) is 0 Å². The molecule has 0 aromatic rings. The Labute approximate surface area is 378 Å². The van der Waals surface area contributed by atoms with Gasteiger partial charge in [-0.25, -0.2) is 0 Å². The second kappa shape index (κ2) is 50.0. The molecule has 0 aromatic heterocycles. The molecule has 1 unspecified atom stereocenters. The maximum Gasteiger partial charge on any atom is 0.306 e. The van der Waals surface area contributed by atoms with Crippen molar-refractivity contribution in [2.75, 3.05) is 13.2 Å². The number of unbranched alkanes of at least 4 members (excludes halogenated alkanes) is 28. The molecule has 0 N–H and O–H groups in total. The molecule has 61 heavy (non-hydrogen) atoms. The van der Waals surface area contributed by atoms with Gasteiger partial charge in [-0.1, -0.05) is 236 Å². The number of carbonyl (C=O) groups excluding carboxylic acids is 3. The molecule has 6 heteroatoms. The van der Waals surface area contributed by atoms with Gasteiger partial charge in [-0.3, -0.25) is 14.4 Å². The highest BCUT2D eigenvalue weighted by Gasteiger charge is 2.19. The van der Waals surface area contributed by atoms with Gasteiger partial charge in [-0.2, -0.15) is 0 Å². The average molecular weight is 855 g/mol. The summed E-state index contributed by atoms with van der Waals surface area (Å²) >= 11 is 0. The van der Waals surface area contributed by atoms with Crippen LogP contribution in [0.4, 0.5) is 0 Å². The second-order valence-corrected chi connectivity index (χ2v) is 17.4. The van der Waals surface area contributed by atoms with E-state index in [4.69, 9.17) is 14.2 Å². The van der Waals surface area contributed by atoms with Crippen LogP contribution in [0.25, 0.3) is 0 Å². The Morgan fingerprint density at radius 2 is 0.607 bits per heavy atom. The molecule has 354 valence electrons. The molecule has 0 aliphatic carbocycles. The molecule has 0 spiro atoms. The largest absolute Gasteiger partial charge is 0.462 e. The van der Waals surface area contributed by atoms with Crippen molar-refractivity contribution in [1.29, 1.82) is 0 Å². The summed E-state index contributed by atoms with van der Waals surface area (Å²) in [6, 6.07) is 0. The first-order valence-electron chi connectivity index (χ1n) is 26.1. The fraction of sp³-hybridized carbons (Fsp3) is 0.800. The van der Waals surface area contributed by atoms with Gasteiger partial charge in [-0.05, 0) is 57.8 Å². The van der Waals surface area contributed by atoms with Gasteiger partial charge in [0, 0.05) is 19.3 Å². The first-order chi connectivity index (χ1) is 30.0. The SMILES string of the molecule is CCCCC/C=C\C/C=C\C/C=C\C/C=C\CCCC(=O)OCC(COC(=O)CCCCCCCCCCCCCC)OC(=O)CCCCCCCCCCCCCCCC. The van der Waals surface area contributed by atoms with Crippen LogP contribution in [0.5, 0.6) is 0 Å². The Balaban J connectivity index is 4.43. The van der Waals surface area contributed by atoms with Crippen molar-refractivity contribution < 1.29 is 28.6 Å². The molecule has 0 saturated carbocycles. The van der Waals surface area contributed by atoms with E-state index in [1.807, 2.05) is 0 Å². The molecular weight excluding hydrogens is 757 g/mol. The standard InChI is InChI=1S/C55H98O6/c1-4-7-10-13-16-19-22-25-27-28-29-31-33-36-39-42-45-48-54(57)60-51-52(50-59-53(56)47-44-41-38-35-32-24-21-18-15-12-9-6-3)61-55(58)49-46-43-40-37-34-30-26-23-20-17-14-11-8-5-2/h16,19,25,27,29,31,36,39,52H,4-15,17-18,20-24,26,28,30,32-35,37-38,40-51H2,1-3H3/b19-16-,27-25-,31-29-,39-36-. The van der Waals surface area contributed by atoms with Crippen molar-refractivity contribution in [3.63, 3.8) is 0 Å². The highest BCUT2D eigenvalue weighted by atomic mass is 16.6. The van der Waals surface area contributed by atoms with E-state index in [1.54, 1.807) is 0 Å². The maximum absolute atomic E-state index is 12.8. The minimum absolute atomic E-state index is 0.0862. The van der Waals surface area contributed by atoms with Gasteiger partial charge >= 0.3 is 17.9 Å². The lowest BCUT2D eigenvalue weighted by Gasteiger charge is -2.18. The topological polar surface area (TPSA) is 78.9 Å². The number of carbonyl (C=O) groups is 3. The number of hydrogen-bond donors (Lipinski definition) is 0. The number of ether oxygens (including phenoxy) is 3. The van der Waals surface area contributed by atoms with Crippen LogP contribution in [-0.2, 0) is 28.6 Å². The molecule has 0 aliphatic rings. The first-order valence-corrected chi connectivity index (χ1v) is 26.1. The van der Waals surface area contributed by atoms with Gasteiger partial charge in [0.2, 0.25) is 0 Å². The summed E-state index contributed by atoms with van der Waals surface area (Å²) in [4.78, 5) is 37.9. The third-order valence-corrected chi connectivity index (χ3v) is 11.3. The van der Waals surface area contributed by atoms with E-state index in [0.717, 1.165) is 64.2 Å². The first kappa shape index (κ1) is 58.4. The minimum Gasteiger partial charge on any atom is -0.462 e. The molecule has 0 rings (SSSR count). The molecule has 0 aromatic carbocycles. The van der Waals surface area contributed by atoms with Crippen molar-refractivity contribution in [3.05, 3.63) is 48.6 Å². The molecule has 0 saturated heterocycles. The van der Waals surface area contributed by atoms with Gasteiger partial charge in [0.25, 0.3) is 0 Å². The Bertz CT molecular complexity index is 1070. The van der Waals surface area contributed by atoms with Crippen molar-refractivity contribution in [1.82, 2.24) is 0 Å². The van der Waals surface area contributed by atoms with E-state index < -0.39 is 6.10 Å². The summed E-state index contributed by atoms with van der Waals surface area (Å²) in [5, 5.41) is 0. The van der Waals surface area contributed by atoms with Crippen molar-refractivity contribution >= 4 is 17.9 Å². The summed E-state index contributed by atoms with van der Waals surface area (Å²) in [5.74, 6) is -0.935. The van der Waals surface area contributed by atoms with Gasteiger partial charge in [0.05, 0.1) is 0 Å². The van der Waals surface area contributed by atoms with Crippen LogP contribution in [-0.4, -0.2) is 37.2 Å². The molecule has 6 nitrogen and oxygen atoms in total. The Morgan fingerprint density at radius 1 is 0.328 bits per heavy atom.